The summed E-state index contributed by atoms with van der Waals surface area (Å²) in [7, 11) is 0. The van der Waals surface area contributed by atoms with Gasteiger partial charge in [0.05, 0.1) is 26.9 Å². The second kappa shape index (κ2) is 9.40. The maximum Gasteiger partial charge on any atom is 0.338 e. The molecule has 31 heavy (non-hydrogen) atoms. The molecule has 0 aromatic carbocycles. The van der Waals surface area contributed by atoms with Crippen LogP contribution in [0.5, 0.6) is 0 Å². The third-order valence-electron chi connectivity index (χ3n) is 4.64. The average Bonchev–Trinajstić information content (AvgIpc) is 3.43. The molecular formula is C21H18Br2N2O4S2. The van der Waals surface area contributed by atoms with E-state index in [1.165, 1.54) is 22.7 Å². The van der Waals surface area contributed by atoms with Gasteiger partial charge in [-0.1, -0.05) is 30.7 Å². The number of thiazole rings is 1. The highest BCUT2D eigenvalue weighted by Gasteiger charge is 2.34. The fourth-order valence-electron chi connectivity index (χ4n) is 3.40. The van der Waals surface area contributed by atoms with Crippen molar-refractivity contribution in [2.45, 2.75) is 32.7 Å². The van der Waals surface area contributed by atoms with Crippen LogP contribution in [0.2, 0.25) is 0 Å². The third-order valence-corrected chi connectivity index (χ3v) is 8.26. The highest BCUT2D eigenvalue weighted by molar-refractivity contribution is 9.13. The number of hydrogen-bond acceptors (Lipinski definition) is 7. The van der Waals surface area contributed by atoms with Gasteiger partial charge in [0.2, 0.25) is 0 Å². The number of rotatable bonds is 6. The van der Waals surface area contributed by atoms with E-state index in [0.29, 0.717) is 37.5 Å². The van der Waals surface area contributed by atoms with Gasteiger partial charge in [0, 0.05) is 11.0 Å². The van der Waals surface area contributed by atoms with Gasteiger partial charge in [-0.3, -0.25) is 9.36 Å². The lowest BCUT2D eigenvalue weighted by Gasteiger charge is -2.24. The Morgan fingerprint density at radius 2 is 2.19 bits per heavy atom. The molecule has 0 radical (unpaired) electrons. The van der Waals surface area contributed by atoms with Gasteiger partial charge >= 0.3 is 5.97 Å². The number of furan rings is 1. The number of halogens is 2. The first-order chi connectivity index (χ1) is 14.9. The number of carbonyl (C=O) groups is 1. The zero-order chi connectivity index (χ0) is 22.1. The minimum atomic E-state index is -0.561. The third kappa shape index (κ3) is 4.30. The molecule has 162 valence electrons. The van der Waals surface area contributed by atoms with Crippen molar-refractivity contribution in [1.29, 1.82) is 0 Å². The van der Waals surface area contributed by atoms with Gasteiger partial charge in [-0.2, -0.15) is 0 Å². The summed E-state index contributed by atoms with van der Waals surface area (Å²) < 4.78 is 14.4. The van der Waals surface area contributed by atoms with E-state index in [1.807, 2.05) is 24.4 Å². The van der Waals surface area contributed by atoms with Crippen molar-refractivity contribution in [1.82, 2.24) is 4.57 Å². The molecule has 0 unspecified atom stereocenters. The monoisotopic (exact) mass is 584 g/mol. The van der Waals surface area contributed by atoms with Crippen LogP contribution in [0, 0.1) is 0 Å². The normalized spacial score (nSPS) is 16.4. The first-order valence-electron chi connectivity index (χ1n) is 9.64. The number of carbonyl (C=O) groups excluding carboxylic acids is 1. The van der Waals surface area contributed by atoms with Crippen LogP contribution in [-0.4, -0.2) is 17.1 Å². The molecule has 1 atom stereocenters. The fourth-order valence-corrected chi connectivity index (χ4v) is 5.83. The Hall–Kier alpha value is -1.75. The van der Waals surface area contributed by atoms with Gasteiger partial charge < -0.3 is 9.15 Å². The lowest BCUT2D eigenvalue weighted by atomic mass is 9.99. The van der Waals surface area contributed by atoms with Crippen molar-refractivity contribution < 1.29 is 13.9 Å². The fraction of sp³-hybridized carbons (Fsp3) is 0.286. The van der Waals surface area contributed by atoms with Crippen LogP contribution in [0.25, 0.3) is 6.08 Å². The summed E-state index contributed by atoms with van der Waals surface area (Å²) in [5.41, 5.74) is 0.896. The molecular weight excluding hydrogens is 568 g/mol. The summed E-state index contributed by atoms with van der Waals surface area (Å²) in [5.74, 6) is 0.108. The van der Waals surface area contributed by atoms with E-state index in [-0.39, 0.29) is 12.2 Å². The van der Waals surface area contributed by atoms with E-state index < -0.39 is 12.0 Å². The lowest BCUT2D eigenvalue weighted by Crippen LogP contribution is -2.39. The Balaban J connectivity index is 1.97. The molecule has 10 heteroatoms. The molecule has 1 aliphatic rings. The second-order valence-corrected chi connectivity index (χ2v) is 10.3. The predicted molar refractivity (Wildman–Crippen MR) is 128 cm³/mol. The summed E-state index contributed by atoms with van der Waals surface area (Å²) in [4.78, 5) is 32.6. The van der Waals surface area contributed by atoms with Gasteiger partial charge in [-0.15, -0.1) is 11.3 Å². The molecule has 0 N–H and O–H groups in total. The van der Waals surface area contributed by atoms with Crippen molar-refractivity contribution in [3.63, 3.8) is 0 Å². The number of aromatic nitrogens is 1. The summed E-state index contributed by atoms with van der Waals surface area (Å²) in [5, 5.41) is 1.94. The Morgan fingerprint density at radius 1 is 1.39 bits per heavy atom. The van der Waals surface area contributed by atoms with Gasteiger partial charge in [0.25, 0.3) is 5.56 Å². The first-order valence-corrected chi connectivity index (χ1v) is 12.9. The molecule has 3 aromatic rings. The average molecular weight is 586 g/mol. The number of fused-ring (bicyclic) bond motifs is 1. The van der Waals surface area contributed by atoms with Gasteiger partial charge in [0.1, 0.15) is 11.8 Å². The molecule has 4 heterocycles. The van der Waals surface area contributed by atoms with Crippen LogP contribution in [-0.2, 0) is 9.53 Å². The molecule has 0 aliphatic carbocycles. The highest BCUT2D eigenvalue weighted by atomic mass is 79.9. The quantitative estimate of drug-likeness (QED) is 0.391. The van der Waals surface area contributed by atoms with E-state index in [1.54, 1.807) is 23.6 Å². The standard InChI is InChI=1S/C21H18Br2N2O4S2/c1-3-6-13-16(20(27)28-4-2)17(14-7-5-8-30-14)25-19(26)15(31-21(25)24-13)10-11-9-12(22)18(23)29-11/h5,7-10,17H,3-4,6H2,1-2H3/b15-10+/t17-/m1/s1. The molecule has 0 fully saturated rings. The number of hydrogen-bond donors (Lipinski definition) is 0. The Bertz CT molecular complexity index is 1310. The molecule has 0 bridgehead atoms. The van der Waals surface area contributed by atoms with Crippen LogP contribution in [0.1, 0.15) is 43.4 Å². The van der Waals surface area contributed by atoms with E-state index in [0.717, 1.165) is 15.8 Å². The van der Waals surface area contributed by atoms with E-state index in [4.69, 9.17) is 14.1 Å². The van der Waals surface area contributed by atoms with Crippen LogP contribution < -0.4 is 14.9 Å². The van der Waals surface area contributed by atoms with Crippen LogP contribution in [0.3, 0.4) is 0 Å². The maximum atomic E-state index is 13.5. The van der Waals surface area contributed by atoms with Crippen LogP contribution >= 0.6 is 54.5 Å². The zero-order valence-electron chi connectivity index (χ0n) is 16.7. The number of allylic oxidation sites excluding steroid dienone is 1. The van der Waals surface area contributed by atoms with Gasteiger partial charge in [-0.25, -0.2) is 9.79 Å². The van der Waals surface area contributed by atoms with Gasteiger partial charge in [-0.05, 0) is 62.7 Å². The molecule has 0 saturated heterocycles. The van der Waals surface area contributed by atoms with E-state index in [2.05, 4.69) is 31.9 Å². The Morgan fingerprint density at radius 3 is 2.81 bits per heavy atom. The maximum absolute atomic E-state index is 13.5. The van der Waals surface area contributed by atoms with Crippen LogP contribution in [0.15, 0.2) is 58.2 Å². The number of ether oxygens (including phenoxy) is 1. The second-order valence-electron chi connectivity index (χ2n) is 6.70. The molecule has 6 nitrogen and oxygen atoms in total. The molecule has 4 rings (SSSR count). The summed E-state index contributed by atoms with van der Waals surface area (Å²) in [6, 6.07) is 5.07. The number of nitrogens with zero attached hydrogens (tertiary/aromatic N) is 2. The summed E-state index contributed by atoms with van der Waals surface area (Å²) in [6.45, 7) is 4.06. The van der Waals surface area contributed by atoms with Crippen molar-refractivity contribution in [3.05, 3.63) is 74.3 Å². The van der Waals surface area contributed by atoms with Crippen LogP contribution in [0.4, 0.5) is 0 Å². The molecule has 1 aliphatic heterocycles. The minimum absolute atomic E-state index is 0.219. The molecule has 0 amide bonds. The number of esters is 1. The van der Waals surface area contributed by atoms with Gasteiger partial charge in [0.15, 0.2) is 9.47 Å². The molecule has 0 saturated carbocycles. The topological polar surface area (TPSA) is 73.8 Å². The van der Waals surface area contributed by atoms with E-state index in [9.17, 15) is 9.59 Å². The van der Waals surface area contributed by atoms with Crippen molar-refractivity contribution in [2.24, 2.45) is 4.99 Å². The highest BCUT2D eigenvalue weighted by Crippen LogP contribution is 2.34. The Kier molecular flexibility index (Phi) is 6.80. The predicted octanol–water partition coefficient (Wildman–Crippen LogP) is 4.76. The summed E-state index contributed by atoms with van der Waals surface area (Å²) in [6.07, 6.45) is 3.14. The smallest absolute Gasteiger partial charge is 0.338 e. The lowest BCUT2D eigenvalue weighted by molar-refractivity contribution is -0.139. The zero-order valence-corrected chi connectivity index (χ0v) is 21.5. The van der Waals surface area contributed by atoms with Crippen molar-refractivity contribution in [2.75, 3.05) is 6.61 Å². The SMILES string of the molecule is CCCC1=C(C(=O)OCC)[C@@H](c2cccs2)n2c(s/c(=C/c3cc(Br)c(Br)o3)c2=O)=N1. The number of thiophene rings is 1. The summed E-state index contributed by atoms with van der Waals surface area (Å²) >= 11 is 9.49. The van der Waals surface area contributed by atoms with E-state index >= 15 is 0 Å². The minimum Gasteiger partial charge on any atom is -0.463 e. The van der Waals surface area contributed by atoms with Crippen molar-refractivity contribution in [3.8, 4) is 0 Å². The largest absolute Gasteiger partial charge is 0.463 e. The molecule has 3 aromatic heterocycles. The van der Waals surface area contributed by atoms with Crippen molar-refractivity contribution >= 4 is 66.6 Å². The Labute approximate surface area is 202 Å². The molecule has 0 spiro atoms. The first kappa shape index (κ1) is 22.4.